The summed E-state index contributed by atoms with van der Waals surface area (Å²) in [5, 5.41) is 17.1. The van der Waals surface area contributed by atoms with Gasteiger partial charge in [-0.1, -0.05) is 12.1 Å². The average Bonchev–Trinajstić information content (AvgIpc) is 2.72. The summed E-state index contributed by atoms with van der Waals surface area (Å²) in [6, 6.07) is 9.19. The van der Waals surface area contributed by atoms with Gasteiger partial charge >= 0.3 is 0 Å². The summed E-state index contributed by atoms with van der Waals surface area (Å²) in [6.45, 7) is 1.32. The van der Waals surface area contributed by atoms with Crippen molar-refractivity contribution in [3.8, 4) is 11.5 Å². The van der Waals surface area contributed by atoms with E-state index in [9.17, 15) is 19.7 Å². The van der Waals surface area contributed by atoms with Crippen LogP contribution in [0, 0.1) is 17.0 Å². The second-order valence-electron chi connectivity index (χ2n) is 5.85. The molecule has 0 aliphatic rings. The van der Waals surface area contributed by atoms with E-state index in [0.29, 0.717) is 28.2 Å². The van der Waals surface area contributed by atoms with Crippen molar-refractivity contribution in [2.45, 2.75) is 6.92 Å². The van der Waals surface area contributed by atoms with Crippen LogP contribution >= 0.6 is 0 Å². The summed E-state index contributed by atoms with van der Waals surface area (Å²) in [5.74, 6) is -0.162. The lowest BCUT2D eigenvalue weighted by atomic mass is 10.1. The van der Waals surface area contributed by atoms with Gasteiger partial charge in [-0.2, -0.15) is 5.10 Å². The number of amides is 2. The number of hydrazone groups is 1. The molecule has 0 atom stereocenters. The zero-order chi connectivity index (χ0) is 21.4. The highest BCUT2D eigenvalue weighted by molar-refractivity contribution is 5.97. The molecule has 2 aromatic carbocycles. The summed E-state index contributed by atoms with van der Waals surface area (Å²) in [6.07, 6.45) is 1.28. The monoisotopic (exact) mass is 400 g/mol. The van der Waals surface area contributed by atoms with Gasteiger partial charge in [0.05, 0.1) is 31.9 Å². The number of aryl methyl sites for hydroxylation is 1. The van der Waals surface area contributed by atoms with Gasteiger partial charge in [-0.15, -0.1) is 0 Å². The second kappa shape index (κ2) is 9.83. The molecule has 29 heavy (non-hydrogen) atoms. The average molecular weight is 400 g/mol. The van der Waals surface area contributed by atoms with E-state index in [0.717, 1.165) is 0 Å². The molecule has 0 spiro atoms. The van der Waals surface area contributed by atoms with Gasteiger partial charge in [0.1, 0.15) is 0 Å². The first-order chi connectivity index (χ1) is 13.8. The topological polar surface area (TPSA) is 132 Å². The molecule has 2 amide bonds. The highest BCUT2D eigenvalue weighted by Gasteiger charge is 2.12. The summed E-state index contributed by atoms with van der Waals surface area (Å²) < 4.78 is 10.2. The number of ether oxygens (including phenoxy) is 2. The number of nitro benzene ring substituents is 1. The van der Waals surface area contributed by atoms with E-state index in [2.05, 4.69) is 15.8 Å². The number of nitrogens with one attached hydrogen (secondary N) is 2. The molecule has 0 fully saturated rings. The number of hydrogen-bond donors (Lipinski definition) is 2. The minimum atomic E-state index is -0.559. The van der Waals surface area contributed by atoms with Crippen LogP contribution in [0.5, 0.6) is 11.5 Å². The predicted octanol–water partition coefficient (Wildman–Crippen LogP) is 1.80. The van der Waals surface area contributed by atoms with E-state index in [4.69, 9.17) is 9.47 Å². The van der Waals surface area contributed by atoms with Crippen LogP contribution in [0.1, 0.15) is 21.5 Å². The standard InChI is InChI=1S/C19H20N4O6/c1-12-4-5-13(8-15(12)23(26)27)10-21-22-18(24)11-20-19(25)14-6-7-16(28-2)17(9-14)29-3/h4-10H,11H2,1-3H3,(H,20,25)(H,22,24)/b21-10+. The Labute approximate surface area is 166 Å². The fourth-order valence-corrected chi connectivity index (χ4v) is 2.36. The number of nitro groups is 1. The van der Waals surface area contributed by atoms with Crippen molar-refractivity contribution in [2.24, 2.45) is 5.10 Å². The van der Waals surface area contributed by atoms with Crippen LogP contribution in [0.4, 0.5) is 5.69 Å². The summed E-state index contributed by atoms with van der Waals surface area (Å²) >= 11 is 0. The van der Waals surface area contributed by atoms with Crippen molar-refractivity contribution in [2.75, 3.05) is 20.8 Å². The van der Waals surface area contributed by atoms with E-state index in [-0.39, 0.29) is 12.2 Å². The van der Waals surface area contributed by atoms with Gasteiger partial charge in [-0.3, -0.25) is 19.7 Å². The molecule has 10 nitrogen and oxygen atoms in total. The number of carbonyl (C=O) groups excluding carboxylic acids is 2. The Morgan fingerprint density at radius 1 is 1.14 bits per heavy atom. The van der Waals surface area contributed by atoms with Gasteiger partial charge in [0.15, 0.2) is 11.5 Å². The van der Waals surface area contributed by atoms with E-state index in [1.165, 1.54) is 38.6 Å². The summed E-state index contributed by atoms with van der Waals surface area (Å²) in [4.78, 5) is 34.4. The molecular weight excluding hydrogens is 380 g/mol. The normalized spacial score (nSPS) is 10.4. The van der Waals surface area contributed by atoms with Gasteiger partial charge in [0.25, 0.3) is 17.5 Å². The lowest BCUT2D eigenvalue weighted by Gasteiger charge is -2.09. The fraction of sp³-hybridized carbons (Fsp3) is 0.211. The Morgan fingerprint density at radius 3 is 2.52 bits per heavy atom. The Morgan fingerprint density at radius 2 is 1.86 bits per heavy atom. The van der Waals surface area contributed by atoms with Crippen molar-refractivity contribution in [1.82, 2.24) is 10.7 Å². The predicted molar refractivity (Wildman–Crippen MR) is 105 cm³/mol. The number of benzene rings is 2. The largest absolute Gasteiger partial charge is 0.493 e. The van der Waals surface area contributed by atoms with E-state index in [1.54, 1.807) is 25.1 Å². The highest BCUT2D eigenvalue weighted by atomic mass is 16.6. The molecule has 152 valence electrons. The van der Waals surface area contributed by atoms with Gasteiger partial charge in [-0.25, -0.2) is 5.43 Å². The van der Waals surface area contributed by atoms with Crippen LogP contribution in [0.2, 0.25) is 0 Å². The molecule has 0 aliphatic heterocycles. The van der Waals surface area contributed by atoms with Crippen LogP contribution in [0.15, 0.2) is 41.5 Å². The van der Waals surface area contributed by atoms with Crippen molar-refractivity contribution < 1.29 is 24.0 Å². The highest BCUT2D eigenvalue weighted by Crippen LogP contribution is 2.27. The molecule has 0 bridgehead atoms. The van der Waals surface area contributed by atoms with Crippen molar-refractivity contribution in [3.63, 3.8) is 0 Å². The molecule has 0 saturated carbocycles. The first kappa shape index (κ1) is 21.4. The van der Waals surface area contributed by atoms with E-state index < -0.39 is 16.7 Å². The molecule has 2 aromatic rings. The zero-order valence-corrected chi connectivity index (χ0v) is 16.1. The third-order valence-corrected chi connectivity index (χ3v) is 3.89. The van der Waals surface area contributed by atoms with Crippen LogP contribution in [0.3, 0.4) is 0 Å². The lowest BCUT2D eigenvalue weighted by molar-refractivity contribution is -0.385. The first-order valence-corrected chi connectivity index (χ1v) is 8.43. The first-order valence-electron chi connectivity index (χ1n) is 8.43. The third-order valence-electron chi connectivity index (χ3n) is 3.89. The molecule has 0 unspecified atom stereocenters. The van der Waals surface area contributed by atoms with Crippen molar-refractivity contribution in [1.29, 1.82) is 0 Å². The van der Waals surface area contributed by atoms with Crippen LogP contribution in [-0.2, 0) is 4.79 Å². The number of nitrogens with zero attached hydrogens (tertiary/aromatic N) is 2. The van der Waals surface area contributed by atoms with Crippen molar-refractivity contribution in [3.05, 3.63) is 63.2 Å². The molecule has 0 aromatic heterocycles. The number of carbonyl (C=O) groups is 2. The van der Waals surface area contributed by atoms with Crippen LogP contribution in [0.25, 0.3) is 0 Å². The maximum Gasteiger partial charge on any atom is 0.272 e. The number of hydrogen-bond acceptors (Lipinski definition) is 7. The Kier molecular flexibility index (Phi) is 7.24. The van der Waals surface area contributed by atoms with E-state index >= 15 is 0 Å². The molecule has 0 heterocycles. The van der Waals surface area contributed by atoms with Gasteiger partial charge in [0, 0.05) is 22.8 Å². The fourth-order valence-electron chi connectivity index (χ4n) is 2.36. The summed E-state index contributed by atoms with van der Waals surface area (Å²) in [5.41, 5.74) is 3.48. The molecule has 2 rings (SSSR count). The maximum atomic E-state index is 12.2. The molecule has 10 heteroatoms. The minimum Gasteiger partial charge on any atom is -0.493 e. The zero-order valence-electron chi connectivity index (χ0n) is 16.1. The Balaban J connectivity index is 1.90. The van der Waals surface area contributed by atoms with Gasteiger partial charge < -0.3 is 14.8 Å². The molecule has 0 aliphatic carbocycles. The Hall–Kier alpha value is -3.95. The summed E-state index contributed by atoms with van der Waals surface area (Å²) in [7, 11) is 2.94. The Bertz CT molecular complexity index is 958. The quantitative estimate of drug-likeness (QED) is 0.394. The third kappa shape index (κ3) is 5.76. The lowest BCUT2D eigenvalue weighted by Crippen LogP contribution is -2.34. The molecule has 0 saturated heterocycles. The van der Waals surface area contributed by atoms with Gasteiger partial charge in [-0.05, 0) is 25.1 Å². The van der Waals surface area contributed by atoms with Gasteiger partial charge in [0.2, 0.25) is 0 Å². The molecular formula is C19H20N4O6. The second-order valence-corrected chi connectivity index (χ2v) is 5.85. The number of methoxy groups -OCH3 is 2. The SMILES string of the molecule is COc1ccc(C(=O)NCC(=O)N/N=C/c2ccc(C)c([N+](=O)[O-])c2)cc1OC. The maximum absolute atomic E-state index is 12.2. The van der Waals surface area contributed by atoms with Crippen molar-refractivity contribution >= 4 is 23.7 Å². The molecule has 0 radical (unpaired) electrons. The molecule has 2 N–H and O–H groups in total. The smallest absolute Gasteiger partial charge is 0.272 e. The van der Waals surface area contributed by atoms with Crippen LogP contribution < -0.4 is 20.2 Å². The van der Waals surface area contributed by atoms with Crippen LogP contribution in [-0.4, -0.2) is 43.7 Å². The number of rotatable bonds is 8. The minimum absolute atomic E-state index is 0.0394. The van der Waals surface area contributed by atoms with E-state index in [1.807, 2.05) is 0 Å².